The number of rotatable bonds is 3. The molecule has 0 heterocycles. The maximum atomic E-state index is 2.40. The summed E-state index contributed by atoms with van der Waals surface area (Å²) in [6.07, 6.45) is 1.26. The molecule has 0 N–H and O–H groups in total. The van der Waals surface area contributed by atoms with Crippen molar-refractivity contribution in [1.82, 2.24) is 0 Å². The molecule has 0 bridgehead atoms. The summed E-state index contributed by atoms with van der Waals surface area (Å²) in [6, 6.07) is 0. The van der Waals surface area contributed by atoms with E-state index in [0.717, 1.165) is 0 Å². The first-order valence-corrected chi connectivity index (χ1v) is 7.18. The van der Waals surface area contributed by atoms with Gasteiger partial charge < -0.3 is 0 Å². The fourth-order valence-electron chi connectivity index (χ4n) is 2.19. The third-order valence-corrected chi connectivity index (χ3v) is 4.79. The summed E-state index contributed by atoms with van der Waals surface area (Å²) in [5, 5.41) is 0. The molecule has 0 saturated heterocycles. The summed E-state index contributed by atoms with van der Waals surface area (Å²) in [4.78, 5) is 0. The van der Waals surface area contributed by atoms with E-state index < -0.39 is 0 Å². The van der Waals surface area contributed by atoms with Crippen LogP contribution < -0.4 is 0 Å². The lowest BCUT2D eigenvalue weighted by Gasteiger charge is -2.45. The van der Waals surface area contributed by atoms with E-state index in [9.17, 15) is 0 Å². The van der Waals surface area contributed by atoms with Crippen molar-refractivity contribution in [2.45, 2.75) is 85.2 Å². The summed E-state index contributed by atoms with van der Waals surface area (Å²) in [6.45, 7) is 23.6. The minimum atomic E-state index is 0.342. The van der Waals surface area contributed by atoms with E-state index >= 15 is 0 Å². The summed E-state index contributed by atoms with van der Waals surface area (Å²) >= 11 is 2.10. The van der Waals surface area contributed by atoms with Crippen LogP contribution in [0.4, 0.5) is 0 Å². The fourth-order valence-corrected chi connectivity index (χ4v) is 4.29. The molecule has 0 aromatic carbocycles. The smallest absolute Gasteiger partial charge is 0.0114 e. The molecule has 1 heteroatoms. The lowest BCUT2D eigenvalue weighted by atomic mass is 9.65. The molecule has 0 rings (SSSR count). The molecule has 0 aliphatic rings. The first-order chi connectivity index (χ1) is 6.66. The van der Waals surface area contributed by atoms with Crippen LogP contribution in [0.25, 0.3) is 0 Å². The maximum absolute atomic E-state index is 2.40. The molecule has 0 fully saturated rings. The Kier molecular flexibility index (Phi) is 4.65. The van der Waals surface area contributed by atoms with E-state index in [-0.39, 0.29) is 0 Å². The zero-order chi connectivity index (χ0) is 13.4. The van der Waals surface area contributed by atoms with Gasteiger partial charge in [-0.05, 0) is 17.3 Å². The van der Waals surface area contributed by atoms with Crippen LogP contribution in [0.1, 0.15) is 75.7 Å². The molecular formula is C15H32S. The number of hydrogen-bond acceptors (Lipinski definition) is 1. The Bertz CT molecular complexity index is 223. The summed E-state index contributed by atoms with van der Waals surface area (Å²) in [5.41, 5.74) is 0.734. The van der Waals surface area contributed by atoms with E-state index in [1.807, 2.05) is 0 Å². The monoisotopic (exact) mass is 244 g/mol. The molecule has 0 aromatic rings. The Labute approximate surface area is 108 Å². The Balaban J connectivity index is 4.72. The molecule has 0 aromatic heterocycles. The van der Waals surface area contributed by atoms with Gasteiger partial charge in [0.2, 0.25) is 0 Å². The van der Waals surface area contributed by atoms with Crippen molar-refractivity contribution in [1.29, 1.82) is 0 Å². The van der Waals surface area contributed by atoms with E-state index in [1.165, 1.54) is 6.42 Å². The molecule has 16 heavy (non-hydrogen) atoms. The summed E-state index contributed by atoms with van der Waals surface area (Å²) < 4.78 is 0.687. The SMILES string of the molecule is CC(C)(C)SC(C)(C)CC(C)(C)C(C)(C)C. The minimum absolute atomic E-state index is 0.342. The van der Waals surface area contributed by atoms with Gasteiger partial charge in [-0.25, -0.2) is 0 Å². The van der Waals surface area contributed by atoms with Crippen molar-refractivity contribution < 1.29 is 0 Å². The average Bonchev–Trinajstić information content (AvgIpc) is 1.72. The van der Waals surface area contributed by atoms with Gasteiger partial charge in [-0.3, -0.25) is 0 Å². The molecule has 0 amide bonds. The Morgan fingerprint density at radius 2 is 1.06 bits per heavy atom. The Morgan fingerprint density at radius 3 is 1.31 bits per heavy atom. The topological polar surface area (TPSA) is 0 Å². The van der Waals surface area contributed by atoms with Crippen molar-refractivity contribution in [3.8, 4) is 0 Å². The van der Waals surface area contributed by atoms with Crippen molar-refractivity contribution in [2.75, 3.05) is 0 Å². The van der Waals surface area contributed by atoms with Crippen molar-refractivity contribution in [2.24, 2.45) is 10.8 Å². The van der Waals surface area contributed by atoms with Gasteiger partial charge in [-0.15, -0.1) is 11.8 Å². The van der Waals surface area contributed by atoms with Crippen LogP contribution in [0.5, 0.6) is 0 Å². The predicted molar refractivity (Wildman–Crippen MR) is 79.3 cm³/mol. The minimum Gasteiger partial charge on any atom is -0.150 e. The average molecular weight is 244 g/mol. The van der Waals surface area contributed by atoms with Gasteiger partial charge in [0.05, 0.1) is 0 Å². The molecule has 0 atom stereocenters. The van der Waals surface area contributed by atoms with E-state index in [1.54, 1.807) is 0 Å². The van der Waals surface area contributed by atoms with Crippen molar-refractivity contribution in [3.63, 3.8) is 0 Å². The zero-order valence-corrected chi connectivity index (χ0v) is 13.9. The van der Waals surface area contributed by atoms with Gasteiger partial charge in [0.15, 0.2) is 0 Å². The molecule has 0 radical (unpaired) electrons. The van der Waals surface area contributed by atoms with Crippen LogP contribution in [0.3, 0.4) is 0 Å². The molecular weight excluding hydrogens is 212 g/mol. The fraction of sp³-hybridized carbons (Fsp3) is 1.00. The van der Waals surface area contributed by atoms with Crippen LogP contribution in [0.2, 0.25) is 0 Å². The van der Waals surface area contributed by atoms with Crippen molar-refractivity contribution in [3.05, 3.63) is 0 Å². The Morgan fingerprint density at radius 1 is 0.688 bits per heavy atom. The molecule has 0 saturated carbocycles. The van der Waals surface area contributed by atoms with Crippen LogP contribution in [0, 0.1) is 10.8 Å². The molecule has 0 spiro atoms. The number of thioether (sulfide) groups is 1. The van der Waals surface area contributed by atoms with Gasteiger partial charge in [-0.1, -0.05) is 69.2 Å². The van der Waals surface area contributed by atoms with Crippen LogP contribution in [0.15, 0.2) is 0 Å². The first-order valence-electron chi connectivity index (χ1n) is 6.37. The highest BCUT2D eigenvalue weighted by molar-refractivity contribution is 8.01. The van der Waals surface area contributed by atoms with Gasteiger partial charge in [0.1, 0.15) is 0 Å². The molecule has 0 aliphatic heterocycles. The normalized spacial score (nSPS) is 15.4. The van der Waals surface area contributed by atoms with Crippen LogP contribution >= 0.6 is 11.8 Å². The standard InChI is InChI=1S/C15H32S/c1-12(2,3)14(7,8)11-15(9,10)16-13(4,5)6/h11H2,1-10H3. The highest BCUT2D eigenvalue weighted by atomic mass is 32.2. The lowest BCUT2D eigenvalue weighted by molar-refractivity contribution is 0.109. The number of hydrogen-bond donors (Lipinski definition) is 0. The maximum Gasteiger partial charge on any atom is 0.0114 e. The van der Waals surface area contributed by atoms with Gasteiger partial charge >= 0.3 is 0 Å². The Hall–Kier alpha value is 0.350. The van der Waals surface area contributed by atoms with E-state index in [0.29, 0.717) is 20.3 Å². The van der Waals surface area contributed by atoms with Crippen LogP contribution in [-0.4, -0.2) is 9.49 Å². The van der Waals surface area contributed by atoms with Gasteiger partial charge in [0.25, 0.3) is 0 Å². The molecule has 0 aliphatic carbocycles. The largest absolute Gasteiger partial charge is 0.150 e. The third kappa shape index (κ3) is 5.61. The summed E-state index contributed by atoms with van der Waals surface area (Å²) in [5.74, 6) is 0. The van der Waals surface area contributed by atoms with Crippen LogP contribution in [-0.2, 0) is 0 Å². The second kappa shape index (κ2) is 4.55. The molecule has 0 unspecified atom stereocenters. The van der Waals surface area contributed by atoms with E-state index in [4.69, 9.17) is 0 Å². The second-order valence-corrected chi connectivity index (χ2v) is 10.8. The molecule has 0 nitrogen and oxygen atoms in total. The van der Waals surface area contributed by atoms with Crippen molar-refractivity contribution >= 4 is 11.8 Å². The van der Waals surface area contributed by atoms with E-state index in [2.05, 4.69) is 81.0 Å². The lowest BCUT2D eigenvalue weighted by Crippen LogP contribution is -2.37. The third-order valence-electron chi connectivity index (χ3n) is 3.48. The highest BCUT2D eigenvalue weighted by Crippen LogP contribution is 2.49. The highest BCUT2D eigenvalue weighted by Gasteiger charge is 2.39. The first kappa shape index (κ1) is 16.4. The predicted octanol–water partition coefficient (Wildman–Crippen LogP) is 5.76. The van der Waals surface area contributed by atoms with Gasteiger partial charge in [0, 0.05) is 9.49 Å². The molecule has 98 valence electrons. The summed E-state index contributed by atoms with van der Waals surface area (Å²) in [7, 11) is 0. The second-order valence-electron chi connectivity index (χ2n) is 8.28. The quantitative estimate of drug-likeness (QED) is 0.608. The zero-order valence-electron chi connectivity index (χ0n) is 13.1. The van der Waals surface area contributed by atoms with Gasteiger partial charge in [-0.2, -0.15) is 0 Å².